The number of aromatic nitrogens is 2. The van der Waals surface area contributed by atoms with Gasteiger partial charge in [0, 0.05) is 27.9 Å². The summed E-state index contributed by atoms with van der Waals surface area (Å²) in [4.78, 5) is 19.3. The summed E-state index contributed by atoms with van der Waals surface area (Å²) in [7, 11) is 0. The van der Waals surface area contributed by atoms with E-state index in [-0.39, 0.29) is 5.91 Å². The number of fused-ring (bicyclic) bond motifs is 1. The maximum Gasteiger partial charge on any atom is 0.256 e. The highest BCUT2D eigenvalue weighted by molar-refractivity contribution is 9.10. The van der Waals surface area contributed by atoms with Gasteiger partial charge in [-0.3, -0.25) is 4.79 Å². The standard InChI is InChI=1S/C14H10BrN3O/c15-11-3-4-13(17-8-11)18-14(19)10-2-1-9-5-6-16-12(9)7-10/h1-8,16H,(H,17,18,19). The molecule has 0 bridgehead atoms. The Labute approximate surface area is 118 Å². The predicted molar refractivity (Wildman–Crippen MR) is 78.2 cm³/mol. The first kappa shape index (κ1) is 11.9. The first-order chi connectivity index (χ1) is 9.22. The van der Waals surface area contributed by atoms with Gasteiger partial charge >= 0.3 is 0 Å². The number of hydrogen-bond acceptors (Lipinski definition) is 2. The van der Waals surface area contributed by atoms with Crippen molar-refractivity contribution in [2.75, 3.05) is 5.32 Å². The van der Waals surface area contributed by atoms with Crippen LogP contribution in [-0.2, 0) is 0 Å². The molecule has 2 N–H and O–H groups in total. The van der Waals surface area contributed by atoms with E-state index in [4.69, 9.17) is 0 Å². The molecular weight excluding hydrogens is 306 g/mol. The first-order valence-electron chi connectivity index (χ1n) is 5.72. The lowest BCUT2D eigenvalue weighted by atomic mass is 10.1. The molecule has 0 atom stereocenters. The maximum absolute atomic E-state index is 12.1. The highest BCUT2D eigenvalue weighted by Crippen LogP contribution is 2.16. The number of amides is 1. The molecular formula is C14H10BrN3O. The molecule has 3 aromatic rings. The number of carbonyl (C=O) groups is 1. The normalized spacial score (nSPS) is 10.6. The summed E-state index contributed by atoms with van der Waals surface area (Å²) in [5.74, 6) is 0.353. The van der Waals surface area contributed by atoms with Crippen molar-refractivity contribution in [1.82, 2.24) is 9.97 Å². The molecule has 4 nitrogen and oxygen atoms in total. The molecule has 2 aromatic heterocycles. The molecule has 3 rings (SSSR count). The minimum atomic E-state index is -0.175. The van der Waals surface area contributed by atoms with Gasteiger partial charge in [0.15, 0.2) is 0 Å². The highest BCUT2D eigenvalue weighted by atomic mass is 79.9. The minimum absolute atomic E-state index is 0.175. The summed E-state index contributed by atoms with van der Waals surface area (Å²) in [5, 5.41) is 3.84. The molecule has 0 fully saturated rings. The summed E-state index contributed by atoms with van der Waals surface area (Å²) in [5.41, 5.74) is 1.54. The molecule has 0 spiro atoms. The number of anilines is 1. The molecule has 0 aliphatic carbocycles. The number of H-pyrrole nitrogens is 1. The molecule has 5 heteroatoms. The monoisotopic (exact) mass is 315 g/mol. The second-order valence-corrected chi connectivity index (χ2v) is 5.01. The molecule has 94 valence electrons. The maximum atomic E-state index is 12.1. The smallest absolute Gasteiger partial charge is 0.256 e. The molecule has 19 heavy (non-hydrogen) atoms. The number of aromatic amines is 1. The zero-order valence-corrected chi connectivity index (χ0v) is 11.4. The number of carbonyl (C=O) groups excluding carboxylic acids is 1. The number of halogens is 1. The fourth-order valence-electron chi connectivity index (χ4n) is 1.83. The van der Waals surface area contributed by atoms with Crippen LogP contribution in [0.3, 0.4) is 0 Å². The van der Waals surface area contributed by atoms with Crippen LogP contribution in [0.1, 0.15) is 10.4 Å². The van der Waals surface area contributed by atoms with Crippen LogP contribution < -0.4 is 5.32 Å². The Morgan fingerprint density at radius 3 is 2.89 bits per heavy atom. The highest BCUT2D eigenvalue weighted by Gasteiger charge is 2.07. The number of benzene rings is 1. The lowest BCUT2D eigenvalue weighted by Crippen LogP contribution is -2.12. The summed E-state index contributed by atoms with van der Waals surface area (Å²) < 4.78 is 0.873. The van der Waals surface area contributed by atoms with E-state index in [1.165, 1.54) is 0 Å². The van der Waals surface area contributed by atoms with E-state index in [2.05, 4.69) is 31.2 Å². The Hall–Kier alpha value is -2.14. The van der Waals surface area contributed by atoms with E-state index in [0.29, 0.717) is 11.4 Å². The Morgan fingerprint density at radius 1 is 1.21 bits per heavy atom. The van der Waals surface area contributed by atoms with Crippen molar-refractivity contribution in [3.63, 3.8) is 0 Å². The van der Waals surface area contributed by atoms with E-state index in [0.717, 1.165) is 15.4 Å². The van der Waals surface area contributed by atoms with Crippen molar-refractivity contribution in [2.45, 2.75) is 0 Å². The van der Waals surface area contributed by atoms with Crippen molar-refractivity contribution >= 4 is 38.6 Å². The largest absolute Gasteiger partial charge is 0.361 e. The average molecular weight is 316 g/mol. The zero-order chi connectivity index (χ0) is 13.2. The van der Waals surface area contributed by atoms with Crippen LogP contribution in [0.15, 0.2) is 53.3 Å². The van der Waals surface area contributed by atoms with Crippen LogP contribution in [0, 0.1) is 0 Å². The predicted octanol–water partition coefficient (Wildman–Crippen LogP) is 3.58. The topological polar surface area (TPSA) is 57.8 Å². The van der Waals surface area contributed by atoms with Crippen LogP contribution in [0.25, 0.3) is 10.9 Å². The van der Waals surface area contributed by atoms with Gasteiger partial charge < -0.3 is 10.3 Å². The van der Waals surface area contributed by atoms with Crippen molar-refractivity contribution in [2.24, 2.45) is 0 Å². The molecule has 0 aliphatic rings. The minimum Gasteiger partial charge on any atom is -0.361 e. The van der Waals surface area contributed by atoms with Gasteiger partial charge in [0.05, 0.1) is 0 Å². The second kappa shape index (κ2) is 4.85. The molecule has 2 heterocycles. The SMILES string of the molecule is O=C(Nc1ccc(Br)cn1)c1ccc2cc[nH]c2c1. The number of hydrogen-bond donors (Lipinski definition) is 2. The zero-order valence-electron chi connectivity index (χ0n) is 9.85. The van der Waals surface area contributed by atoms with Crippen LogP contribution in [0.5, 0.6) is 0 Å². The van der Waals surface area contributed by atoms with E-state index < -0.39 is 0 Å². The summed E-state index contributed by atoms with van der Waals surface area (Å²) >= 11 is 3.30. The van der Waals surface area contributed by atoms with Crippen LogP contribution in [-0.4, -0.2) is 15.9 Å². The average Bonchev–Trinajstić information content (AvgIpc) is 2.88. The third kappa shape index (κ3) is 2.51. The Morgan fingerprint density at radius 2 is 2.11 bits per heavy atom. The van der Waals surface area contributed by atoms with Gasteiger partial charge in [-0.05, 0) is 51.6 Å². The first-order valence-corrected chi connectivity index (χ1v) is 6.52. The van der Waals surface area contributed by atoms with Crippen LogP contribution in [0.4, 0.5) is 5.82 Å². The number of rotatable bonds is 2. The fourth-order valence-corrected chi connectivity index (χ4v) is 2.06. The van der Waals surface area contributed by atoms with Gasteiger partial charge in [0.2, 0.25) is 0 Å². The molecule has 0 saturated heterocycles. The number of nitrogens with zero attached hydrogens (tertiary/aromatic N) is 1. The van der Waals surface area contributed by atoms with Gasteiger partial charge in [-0.1, -0.05) is 6.07 Å². The van der Waals surface area contributed by atoms with Crippen molar-refractivity contribution in [1.29, 1.82) is 0 Å². The molecule has 1 amide bonds. The van der Waals surface area contributed by atoms with Gasteiger partial charge in [0.25, 0.3) is 5.91 Å². The van der Waals surface area contributed by atoms with E-state index in [1.807, 2.05) is 30.5 Å². The van der Waals surface area contributed by atoms with Crippen molar-refractivity contribution in [3.8, 4) is 0 Å². The van der Waals surface area contributed by atoms with Crippen LogP contribution >= 0.6 is 15.9 Å². The van der Waals surface area contributed by atoms with Gasteiger partial charge in [-0.25, -0.2) is 4.98 Å². The molecule has 0 radical (unpaired) electrons. The third-order valence-electron chi connectivity index (χ3n) is 2.79. The van der Waals surface area contributed by atoms with Gasteiger partial charge in [-0.15, -0.1) is 0 Å². The van der Waals surface area contributed by atoms with Crippen molar-refractivity contribution in [3.05, 3.63) is 58.8 Å². The van der Waals surface area contributed by atoms with Gasteiger partial charge in [0.1, 0.15) is 5.82 Å². The van der Waals surface area contributed by atoms with Gasteiger partial charge in [-0.2, -0.15) is 0 Å². The Bertz CT molecular complexity index is 734. The number of nitrogens with one attached hydrogen (secondary N) is 2. The second-order valence-electron chi connectivity index (χ2n) is 4.10. The Kier molecular flexibility index (Phi) is 3.05. The summed E-state index contributed by atoms with van der Waals surface area (Å²) in [6.45, 7) is 0. The molecule has 0 saturated carbocycles. The fraction of sp³-hybridized carbons (Fsp3) is 0. The summed E-state index contributed by atoms with van der Waals surface area (Å²) in [6, 6.07) is 11.1. The lowest BCUT2D eigenvalue weighted by Gasteiger charge is -2.04. The third-order valence-corrected chi connectivity index (χ3v) is 3.26. The van der Waals surface area contributed by atoms with Crippen LogP contribution in [0.2, 0.25) is 0 Å². The summed E-state index contributed by atoms with van der Waals surface area (Å²) in [6.07, 6.45) is 3.49. The Balaban J connectivity index is 1.84. The molecule has 0 unspecified atom stereocenters. The van der Waals surface area contributed by atoms with Crippen molar-refractivity contribution < 1.29 is 4.79 Å². The molecule has 1 aromatic carbocycles. The van der Waals surface area contributed by atoms with E-state index >= 15 is 0 Å². The number of pyridine rings is 1. The quantitative estimate of drug-likeness (QED) is 0.759. The van der Waals surface area contributed by atoms with E-state index in [1.54, 1.807) is 18.3 Å². The van der Waals surface area contributed by atoms with E-state index in [9.17, 15) is 4.79 Å². The lowest BCUT2D eigenvalue weighted by molar-refractivity contribution is 0.102. The molecule has 0 aliphatic heterocycles.